The van der Waals surface area contributed by atoms with Gasteiger partial charge in [0.15, 0.2) is 0 Å². The maximum Gasteiger partial charge on any atom is 0.300 e. The van der Waals surface area contributed by atoms with Crippen molar-refractivity contribution in [3.8, 4) is 5.69 Å². The largest absolute Gasteiger partial charge is 0.300 e. The molecule has 1 aromatic carbocycles. The molecule has 3 aromatic rings. The normalized spacial score (nSPS) is 11.0. The van der Waals surface area contributed by atoms with Gasteiger partial charge in [0.25, 0.3) is 0 Å². The smallest absolute Gasteiger partial charge is 0.283 e. The molecular weight excluding hydrogens is 228 g/mol. The first-order valence-corrected chi connectivity index (χ1v) is 5.66. The number of hydrogen-bond acceptors (Lipinski definition) is 3. The van der Waals surface area contributed by atoms with Gasteiger partial charge in [0.05, 0.1) is 5.69 Å². The minimum atomic E-state index is -0.163. The standard InChI is InChI=1S/C13H12N4O/c1-9-4-3-5-11(10(9)2)17-7-6-16-8-14-15-12(16)13(17)18/h3-8H,1-2H3. The van der Waals surface area contributed by atoms with Gasteiger partial charge in [-0.1, -0.05) is 12.1 Å². The lowest BCUT2D eigenvalue weighted by Crippen LogP contribution is -2.20. The van der Waals surface area contributed by atoms with Gasteiger partial charge in [-0.3, -0.25) is 13.8 Å². The van der Waals surface area contributed by atoms with Gasteiger partial charge in [0.1, 0.15) is 6.33 Å². The zero-order chi connectivity index (χ0) is 12.7. The predicted octanol–water partition coefficient (Wildman–Crippen LogP) is 1.50. The summed E-state index contributed by atoms with van der Waals surface area (Å²) in [5.41, 5.74) is 3.29. The number of rotatable bonds is 1. The molecule has 0 saturated carbocycles. The third-order valence-corrected chi connectivity index (χ3v) is 3.20. The van der Waals surface area contributed by atoms with E-state index in [1.165, 1.54) is 6.33 Å². The zero-order valence-electron chi connectivity index (χ0n) is 10.2. The summed E-state index contributed by atoms with van der Waals surface area (Å²) in [6, 6.07) is 5.90. The first-order chi connectivity index (χ1) is 8.68. The van der Waals surface area contributed by atoms with Crippen LogP contribution in [0.2, 0.25) is 0 Å². The number of fused-ring (bicyclic) bond motifs is 1. The highest BCUT2D eigenvalue weighted by molar-refractivity contribution is 5.47. The number of nitrogens with zero attached hydrogens (tertiary/aromatic N) is 4. The third-order valence-electron chi connectivity index (χ3n) is 3.20. The molecule has 2 heterocycles. The molecule has 5 nitrogen and oxygen atoms in total. The lowest BCUT2D eigenvalue weighted by Gasteiger charge is -2.10. The van der Waals surface area contributed by atoms with Crippen LogP contribution in [0.4, 0.5) is 0 Å². The van der Waals surface area contributed by atoms with E-state index in [9.17, 15) is 4.79 Å². The van der Waals surface area contributed by atoms with Gasteiger partial charge in [-0.2, -0.15) is 0 Å². The zero-order valence-corrected chi connectivity index (χ0v) is 10.2. The van der Waals surface area contributed by atoms with Crippen LogP contribution in [-0.4, -0.2) is 19.2 Å². The van der Waals surface area contributed by atoms with E-state index in [2.05, 4.69) is 10.2 Å². The van der Waals surface area contributed by atoms with Crippen LogP contribution in [0.3, 0.4) is 0 Å². The van der Waals surface area contributed by atoms with E-state index >= 15 is 0 Å². The lowest BCUT2D eigenvalue weighted by atomic mass is 10.1. The van der Waals surface area contributed by atoms with Crippen molar-refractivity contribution in [2.45, 2.75) is 13.8 Å². The molecule has 2 aromatic heterocycles. The molecule has 0 radical (unpaired) electrons. The maximum absolute atomic E-state index is 12.3. The van der Waals surface area contributed by atoms with E-state index in [4.69, 9.17) is 0 Å². The fourth-order valence-corrected chi connectivity index (χ4v) is 2.00. The summed E-state index contributed by atoms with van der Waals surface area (Å²) in [6.45, 7) is 4.03. The van der Waals surface area contributed by atoms with Crippen LogP contribution in [0.25, 0.3) is 11.3 Å². The fourth-order valence-electron chi connectivity index (χ4n) is 2.00. The van der Waals surface area contributed by atoms with E-state index in [0.717, 1.165) is 16.8 Å². The van der Waals surface area contributed by atoms with Crippen molar-refractivity contribution in [2.75, 3.05) is 0 Å². The quantitative estimate of drug-likeness (QED) is 0.647. The lowest BCUT2D eigenvalue weighted by molar-refractivity contribution is 0.938. The van der Waals surface area contributed by atoms with Gasteiger partial charge >= 0.3 is 5.56 Å². The Labute approximate surface area is 103 Å². The number of hydrogen-bond donors (Lipinski definition) is 0. The average molecular weight is 240 g/mol. The van der Waals surface area contributed by atoms with Crippen molar-refractivity contribution >= 4 is 5.65 Å². The molecule has 90 valence electrons. The molecule has 0 amide bonds. The minimum Gasteiger partial charge on any atom is -0.283 e. The van der Waals surface area contributed by atoms with Crippen LogP contribution in [0.1, 0.15) is 11.1 Å². The molecule has 0 saturated heterocycles. The van der Waals surface area contributed by atoms with E-state index < -0.39 is 0 Å². The van der Waals surface area contributed by atoms with Crippen LogP contribution in [-0.2, 0) is 0 Å². The van der Waals surface area contributed by atoms with Crippen LogP contribution < -0.4 is 5.56 Å². The molecule has 0 aliphatic heterocycles. The Bertz CT molecular complexity index is 785. The molecule has 0 N–H and O–H groups in total. The van der Waals surface area contributed by atoms with Gasteiger partial charge in [-0.05, 0) is 31.0 Å². The second-order valence-corrected chi connectivity index (χ2v) is 4.25. The minimum absolute atomic E-state index is 0.163. The summed E-state index contributed by atoms with van der Waals surface area (Å²) in [4.78, 5) is 12.3. The molecule has 18 heavy (non-hydrogen) atoms. The SMILES string of the molecule is Cc1cccc(-n2ccn3cnnc3c2=O)c1C. The third kappa shape index (κ3) is 1.44. The van der Waals surface area contributed by atoms with Crippen molar-refractivity contribution in [1.29, 1.82) is 0 Å². The Balaban J connectivity index is 2.35. The monoisotopic (exact) mass is 240 g/mol. The van der Waals surface area contributed by atoms with Crippen LogP contribution in [0.15, 0.2) is 41.7 Å². The van der Waals surface area contributed by atoms with Crippen molar-refractivity contribution in [3.05, 3.63) is 58.4 Å². The van der Waals surface area contributed by atoms with E-state index in [0.29, 0.717) is 5.65 Å². The molecule has 0 aliphatic rings. The Kier molecular flexibility index (Phi) is 2.26. The summed E-state index contributed by atoms with van der Waals surface area (Å²) >= 11 is 0. The Morgan fingerprint density at radius 2 is 2.00 bits per heavy atom. The van der Waals surface area contributed by atoms with Crippen molar-refractivity contribution in [2.24, 2.45) is 0 Å². The number of aromatic nitrogens is 4. The molecule has 0 unspecified atom stereocenters. The average Bonchev–Trinajstić information content (AvgIpc) is 2.83. The Morgan fingerprint density at radius 1 is 1.17 bits per heavy atom. The summed E-state index contributed by atoms with van der Waals surface area (Å²) in [5.74, 6) is 0. The van der Waals surface area contributed by atoms with E-state index in [-0.39, 0.29) is 5.56 Å². The van der Waals surface area contributed by atoms with Gasteiger partial charge in [-0.15, -0.1) is 10.2 Å². The van der Waals surface area contributed by atoms with Crippen molar-refractivity contribution in [1.82, 2.24) is 19.2 Å². The molecule has 0 spiro atoms. The maximum atomic E-state index is 12.3. The highest BCUT2D eigenvalue weighted by atomic mass is 16.1. The highest BCUT2D eigenvalue weighted by Gasteiger charge is 2.08. The van der Waals surface area contributed by atoms with Gasteiger partial charge in [-0.25, -0.2) is 0 Å². The van der Waals surface area contributed by atoms with Gasteiger partial charge in [0, 0.05) is 12.4 Å². The van der Waals surface area contributed by atoms with E-state index in [1.807, 2.05) is 32.0 Å². The number of benzene rings is 1. The second kappa shape index (κ2) is 3.80. The molecule has 0 aliphatic carbocycles. The van der Waals surface area contributed by atoms with Crippen LogP contribution in [0.5, 0.6) is 0 Å². The van der Waals surface area contributed by atoms with E-state index in [1.54, 1.807) is 21.4 Å². The fraction of sp³-hybridized carbons (Fsp3) is 0.154. The summed E-state index contributed by atoms with van der Waals surface area (Å²) in [5, 5.41) is 7.57. The molecule has 0 bridgehead atoms. The molecule has 3 rings (SSSR count). The molecule has 0 atom stereocenters. The van der Waals surface area contributed by atoms with Gasteiger partial charge < -0.3 is 0 Å². The van der Waals surface area contributed by atoms with Crippen molar-refractivity contribution < 1.29 is 0 Å². The van der Waals surface area contributed by atoms with Crippen LogP contribution >= 0.6 is 0 Å². The summed E-state index contributed by atoms with van der Waals surface area (Å²) in [7, 11) is 0. The second-order valence-electron chi connectivity index (χ2n) is 4.25. The summed E-state index contributed by atoms with van der Waals surface area (Å²) < 4.78 is 3.22. The molecule has 5 heteroatoms. The number of aryl methyl sites for hydroxylation is 1. The molecular formula is C13H12N4O. The molecule has 0 fully saturated rings. The Hall–Kier alpha value is -2.43. The first kappa shape index (κ1) is 10.7. The van der Waals surface area contributed by atoms with Crippen molar-refractivity contribution in [3.63, 3.8) is 0 Å². The van der Waals surface area contributed by atoms with Crippen LogP contribution in [0, 0.1) is 13.8 Å². The Morgan fingerprint density at radius 3 is 2.83 bits per heavy atom. The highest BCUT2D eigenvalue weighted by Crippen LogP contribution is 2.15. The van der Waals surface area contributed by atoms with Gasteiger partial charge in [0.2, 0.25) is 5.65 Å². The first-order valence-electron chi connectivity index (χ1n) is 5.66. The topological polar surface area (TPSA) is 52.2 Å². The summed E-state index contributed by atoms with van der Waals surface area (Å²) in [6.07, 6.45) is 5.03. The predicted molar refractivity (Wildman–Crippen MR) is 68.1 cm³/mol.